The molecule has 0 unspecified atom stereocenters. The number of aromatic carboxylic acids is 1. The predicted octanol–water partition coefficient (Wildman–Crippen LogP) is 3.06. The molecule has 3 aromatic rings. The summed E-state index contributed by atoms with van der Waals surface area (Å²) in [5, 5.41) is 13.1. The van der Waals surface area contributed by atoms with Gasteiger partial charge in [-0.3, -0.25) is 4.98 Å². The fourth-order valence-electron chi connectivity index (χ4n) is 1.78. The molecule has 0 radical (unpaired) electrons. The van der Waals surface area contributed by atoms with Crippen LogP contribution < -0.4 is 0 Å². The van der Waals surface area contributed by atoms with Gasteiger partial charge in [-0.05, 0) is 5.39 Å². The van der Waals surface area contributed by atoms with Crippen LogP contribution in [0.5, 0.6) is 0 Å². The Bertz CT molecular complexity index is 731. The topological polar surface area (TPSA) is 63.1 Å². The molecular weight excluding hydrogens is 248 g/mol. The van der Waals surface area contributed by atoms with Crippen LogP contribution in [0, 0.1) is 0 Å². The van der Waals surface area contributed by atoms with Gasteiger partial charge in [-0.1, -0.05) is 24.3 Å². The van der Waals surface area contributed by atoms with Crippen LogP contribution in [0.15, 0.2) is 42.0 Å². The zero-order chi connectivity index (χ0) is 12.5. The second kappa shape index (κ2) is 4.19. The number of hydrogen-bond donors (Lipinski definition) is 1. The molecule has 2 aromatic heterocycles. The van der Waals surface area contributed by atoms with Crippen LogP contribution in [0.3, 0.4) is 0 Å². The Morgan fingerprint density at radius 2 is 2.06 bits per heavy atom. The van der Waals surface area contributed by atoms with E-state index in [1.807, 2.05) is 24.3 Å². The van der Waals surface area contributed by atoms with Crippen LogP contribution in [-0.2, 0) is 0 Å². The summed E-state index contributed by atoms with van der Waals surface area (Å²) >= 11 is 1.31. The summed E-state index contributed by atoms with van der Waals surface area (Å²) < 4.78 is 0. The minimum absolute atomic E-state index is 0.0722. The van der Waals surface area contributed by atoms with E-state index in [1.54, 1.807) is 17.8 Å². The summed E-state index contributed by atoms with van der Waals surface area (Å²) in [4.78, 5) is 19.1. The van der Waals surface area contributed by atoms with E-state index in [4.69, 9.17) is 5.11 Å². The highest BCUT2D eigenvalue weighted by molar-refractivity contribution is 7.13. The third-order valence-electron chi connectivity index (χ3n) is 2.62. The lowest BCUT2D eigenvalue weighted by Crippen LogP contribution is -1.95. The highest BCUT2D eigenvalue weighted by Crippen LogP contribution is 2.29. The van der Waals surface area contributed by atoms with Gasteiger partial charge >= 0.3 is 5.97 Å². The van der Waals surface area contributed by atoms with Crippen LogP contribution in [-0.4, -0.2) is 21.0 Å². The Hall–Kier alpha value is -2.27. The van der Waals surface area contributed by atoms with Gasteiger partial charge in [-0.15, -0.1) is 11.3 Å². The third-order valence-corrected chi connectivity index (χ3v) is 3.50. The molecular formula is C13H8N2O2S. The number of carbonyl (C=O) groups is 1. The van der Waals surface area contributed by atoms with E-state index in [0.29, 0.717) is 5.01 Å². The van der Waals surface area contributed by atoms with Crippen molar-refractivity contribution >= 4 is 28.1 Å². The summed E-state index contributed by atoms with van der Waals surface area (Å²) in [6.07, 6.45) is 3.50. The van der Waals surface area contributed by atoms with Crippen molar-refractivity contribution in [1.29, 1.82) is 0 Å². The first-order valence-electron chi connectivity index (χ1n) is 5.27. The summed E-state index contributed by atoms with van der Waals surface area (Å²) in [7, 11) is 0. The minimum Gasteiger partial charge on any atom is -0.476 e. The Morgan fingerprint density at radius 1 is 1.22 bits per heavy atom. The van der Waals surface area contributed by atoms with E-state index in [9.17, 15) is 4.79 Å². The summed E-state index contributed by atoms with van der Waals surface area (Å²) in [5.41, 5.74) is 0.938. The zero-order valence-corrected chi connectivity index (χ0v) is 10.0. The second-order valence-corrected chi connectivity index (χ2v) is 4.61. The number of aromatic nitrogens is 2. The van der Waals surface area contributed by atoms with Gasteiger partial charge in [-0.25, -0.2) is 9.78 Å². The highest BCUT2D eigenvalue weighted by atomic mass is 32.1. The van der Waals surface area contributed by atoms with Crippen molar-refractivity contribution in [3.63, 3.8) is 0 Å². The predicted molar refractivity (Wildman–Crippen MR) is 69.8 cm³/mol. The van der Waals surface area contributed by atoms with Gasteiger partial charge < -0.3 is 5.11 Å². The Labute approximate surface area is 107 Å². The molecule has 5 heteroatoms. The molecule has 3 rings (SSSR count). The molecule has 88 valence electrons. The molecule has 0 spiro atoms. The van der Waals surface area contributed by atoms with Crippen LogP contribution in [0.1, 0.15) is 10.5 Å². The number of benzene rings is 1. The number of carboxylic acids is 1. The molecule has 0 atom stereocenters. The van der Waals surface area contributed by atoms with Crippen molar-refractivity contribution in [1.82, 2.24) is 9.97 Å². The number of fused-ring (bicyclic) bond motifs is 1. The molecule has 4 nitrogen and oxygen atoms in total. The average molecular weight is 256 g/mol. The van der Waals surface area contributed by atoms with Crippen molar-refractivity contribution in [3.8, 4) is 10.6 Å². The van der Waals surface area contributed by atoms with Gasteiger partial charge in [0, 0.05) is 28.7 Å². The van der Waals surface area contributed by atoms with E-state index in [1.165, 1.54) is 11.3 Å². The molecule has 0 bridgehead atoms. The number of hydrogen-bond acceptors (Lipinski definition) is 4. The van der Waals surface area contributed by atoms with Gasteiger partial charge in [-0.2, -0.15) is 0 Å². The maximum atomic E-state index is 10.8. The number of rotatable bonds is 2. The highest BCUT2D eigenvalue weighted by Gasteiger charge is 2.12. The minimum atomic E-state index is -1.01. The fourth-order valence-corrected chi connectivity index (χ4v) is 2.60. The lowest BCUT2D eigenvalue weighted by atomic mass is 10.1. The SMILES string of the molecule is O=C(O)c1csc(-c2cncc3ccccc23)n1. The fraction of sp³-hybridized carbons (Fsp3) is 0. The molecule has 2 heterocycles. The molecule has 1 N–H and O–H groups in total. The van der Waals surface area contributed by atoms with Crippen LogP contribution in [0.2, 0.25) is 0 Å². The van der Waals surface area contributed by atoms with E-state index in [2.05, 4.69) is 9.97 Å². The number of pyridine rings is 1. The summed E-state index contributed by atoms with van der Waals surface area (Å²) in [5.74, 6) is -1.01. The zero-order valence-electron chi connectivity index (χ0n) is 9.20. The van der Waals surface area contributed by atoms with Crippen molar-refractivity contribution < 1.29 is 9.90 Å². The first-order chi connectivity index (χ1) is 8.75. The van der Waals surface area contributed by atoms with Crippen molar-refractivity contribution in [2.75, 3.05) is 0 Å². The van der Waals surface area contributed by atoms with E-state index in [-0.39, 0.29) is 5.69 Å². The standard InChI is InChI=1S/C13H8N2O2S/c16-13(17)11-7-18-12(15-11)10-6-14-5-8-3-1-2-4-9(8)10/h1-7H,(H,16,17). The molecule has 0 aliphatic heterocycles. The van der Waals surface area contributed by atoms with Crippen LogP contribution in [0.25, 0.3) is 21.3 Å². The monoisotopic (exact) mass is 256 g/mol. The van der Waals surface area contributed by atoms with Gasteiger partial charge in [0.1, 0.15) is 5.01 Å². The lowest BCUT2D eigenvalue weighted by Gasteiger charge is -2.01. The van der Waals surface area contributed by atoms with E-state index in [0.717, 1.165) is 16.3 Å². The number of carboxylic acid groups (broad SMARTS) is 1. The Balaban J connectivity index is 2.21. The summed E-state index contributed by atoms with van der Waals surface area (Å²) in [6, 6.07) is 7.83. The Morgan fingerprint density at radius 3 is 2.83 bits per heavy atom. The van der Waals surface area contributed by atoms with Crippen molar-refractivity contribution in [3.05, 3.63) is 47.7 Å². The quantitative estimate of drug-likeness (QED) is 0.765. The molecule has 0 aliphatic carbocycles. The molecule has 0 aliphatic rings. The maximum Gasteiger partial charge on any atom is 0.355 e. The van der Waals surface area contributed by atoms with Gasteiger partial charge in [0.2, 0.25) is 0 Å². The van der Waals surface area contributed by atoms with Gasteiger partial charge in [0.05, 0.1) is 0 Å². The lowest BCUT2D eigenvalue weighted by molar-refractivity contribution is 0.0691. The normalized spacial score (nSPS) is 10.7. The molecule has 1 aromatic carbocycles. The third kappa shape index (κ3) is 1.74. The number of nitrogens with zero attached hydrogens (tertiary/aromatic N) is 2. The van der Waals surface area contributed by atoms with Crippen LogP contribution >= 0.6 is 11.3 Å². The average Bonchev–Trinajstić information content (AvgIpc) is 2.87. The molecule has 0 amide bonds. The Kier molecular flexibility index (Phi) is 2.53. The van der Waals surface area contributed by atoms with Crippen LogP contribution in [0.4, 0.5) is 0 Å². The van der Waals surface area contributed by atoms with E-state index < -0.39 is 5.97 Å². The first kappa shape index (κ1) is 10.9. The molecule has 0 saturated heterocycles. The van der Waals surface area contributed by atoms with Gasteiger partial charge in [0.25, 0.3) is 0 Å². The van der Waals surface area contributed by atoms with Crippen molar-refractivity contribution in [2.24, 2.45) is 0 Å². The molecule has 0 fully saturated rings. The summed E-state index contributed by atoms with van der Waals surface area (Å²) in [6.45, 7) is 0. The van der Waals surface area contributed by atoms with Crippen molar-refractivity contribution in [2.45, 2.75) is 0 Å². The molecule has 18 heavy (non-hydrogen) atoms. The second-order valence-electron chi connectivity index (χ2n) is 3.75. The van der Waals surface area contributed by atoms with E-state index >= 15 is 0 Å². The van der Waals surface area contributed by atoms with Gasteiger partial charge in [0.15, 0.2) is 5.69 Å². The largest absolute Gasteiger partial charge is 0.476 e. The molecule has 0 saturated carbocycles. The first-order valence-corrected chi connectivity index (χ1v) is 6.15. The smallest absolute Gasteiger partial charge is 0.355 e. The maximum absolute atomic E-state index is 10.8. The number of thiazole rings is 1.